The molecule has 0 fully saturated rings. The lowest BCUT2D eigenvalue weighted by atomic mass is 9.82. The van der Waals surface area contributed by atoms with E-state index >= 15 is 0 Å². The number of ether oxygens (including phenoxy) is 1. The lowest BCUT2D eigenvalue weighted by molar-refractivity contribution is 0.0941. The van der Waals surface area contributed by atoms with E-state index < -0.39 is 6.10 Å². The third-order valence-electron chi connectivity index (χ3n) is 3.31. The van der Waals surface area contributed by atoms with Crippen molar-refractivity contribution < 1.29 is 9.84 Å². The molecule has 0 aliphatic heterocycles. The molecule has 0 heterocycles. The number of aliphatic hydroxyl groups excluding tert-OH is 1. The molecule has 1 unspecified atom stereocenters. The number of benzene rings is 1. The molecule has 0 saturated carbocycles. The molecule has 0 spiro atoms. The van der Waals surface area contributed by atoms with E-state index in [0.717, 1.165) is 17.7 Å². The monoisotopic (exact) mass is 329 g/mol. The van der Waals surface area contributed by atoms with E-state index in [1.807, 2.05) is 31.2 Å². The Morgan fingerprint density at radius 1 is 1.14 bits per heavy atom. The van der Waals surface area contributed by atoms with Gasteiger partial charge in [-0.3, -0.25) is 0 Å². The first-order chi connectivity index (χ1) is 9.59. The van der Waals surface area contributed by atoms with E-state index in [-0.39, 0.29) is 23.4 Å². The van der Waals surface area contributed by atoms with Gasteiger partial charge < -0.3 is 15.2 Å². The first-order valence-corrected chi connectivity index (χ1v) is 7.71. The van der Waals surface area contributed by atoms with Gasteiger partial charge in [-0.05, 0) is 44.2 Å². The van der Waals surface area contributed by atoms with Gasteiger partial charge in [0.25, 0.3) is 0 Å². The zero-order chi connectivity index (χ0) is 16.1. The zero-order valence-electron chi connectivity index (χ0n) is 14.8. The van der Waals surface area contributed by atoms with E-state index in [2.05, 4.69) is 39.9 Å². The second-order valence-electron chi connectivity index (χ2n) is 7.73. The fraction of sp³-hybridized carbons (Fsp3) is 0.667. The van der Waals surface area contributed by atoms with Gasteiger partial charge in [-0.15, -0.1) is 12.4 Å². The van der Waals surface area contributed by atoms with Gasteiger partial charge in [0.15, 0.2) is 0 Å². The summed E-state index contributed by atoms with van der Waals surface area (Å²) in [5.41, 5.74) is 1.35. The molecule has 0 saturated heterocycles. The van der Waals surface area contributed by atoms with Crippen LogP contribution in [0.4, 0.5) is 0 Å². The van der Waals surface area contributed by atoms with Crippen LogP contribution in [0.1, 0.15) is 46.6 Å². The van der Waals surface area contributed by atoms with Gasteiger partial charge in [0.1, 0.15) is 18.5 Å². The largest absolute Gasteiger partial charge is 0.491 e. The van der Waals surface area contributed by atoms with Crippen molar-refractivity contribution in [3.63, 3.8) is 0 Å². The van der Waals surface area contributed by atoms with Crippen molar-refractivity contribution in [3.05, 3.63) is 29.8 Å². The van der Waals surface area contributed by atoms with E-state index in [0.29, 0.717) is 13.2 Å². The minimum atomic E-state index is -0.510. The topological polar surface area (TPSA) is 41.5 Å². The van der Waals surface area contributed by atoms with Crippen LogP contribution in [0, 0.1) is 12.3 Å². The highest BCUT2D eigenvalue weighted by molar-refractivity contribution is 5.85. The summed E-state index contributed by atoms with van der Waals surface area (Å²) in [6, 6.07) is 7.86. The Bertz CT molecular complexity index is 441. The summed E-state index contributed by atoms with van der Waals surface area (Å²) in [4.78, 5) is 0. The quantitative estimate of drug-likeness (QED) is 0.795. The second-order valence-corrected chi connectivity index (χ2v) is 7.73. The molecule has 0 aliphatic carbocycles. The van der Waals surface area contributed by atoms with Crippen LogP contribution in [0.5, 0.6) is 5.75 Å². The van der Waals surface area contributed by atoms with Gasteiger partial charge in [0.2, 0.25) is 0 Å². The van der Waals surface area contributed by atoms with Gasteiger partial charge >= 0.3 is 0 Å². The number of hydrogen-bond acceptors (Lipinski definition) is 3. The Labute approximate surface area is 141 Å². The molecular formula is C18H32ClNO2. The van der Waals surface area contributed by atoms with E-state index in [1.165, 1.54) is 0 Å². The summed E-state index contributed by atoms with van der Waals surface area (Å²) in [6.07, 6.45) is 0.537. The predicted molar refractivity (Wildman–Crippen MR) is 96.1 cm³/mol. The SMILES string of the molecule is Cc1ccccc1OCC(O)CNC(C)(C)CC(C)(C)C.Cl. The Balaban J connectivity index is 0.00000441. The number of hydrogen-bond donors (Lipinski definition) is 2. The zero-order valence-corrected chi connectivity index (χ0v) is 15.6. The second kappa shape index (κ2) is 8.76. The van der Waals surface area contributed by atoms with Crippen molar-refractivity contribution in [1.82, 2.24) is 5.32 Å². The number of nitrogens with one attached hydrogen (secondary N) is 1. The normalized spacial score (nSPS) is 13.4. The molecule has 0 aromatic heterocycles. The molecule has 128 valence electrons. The average Bonchev–Trinajstić information content (AvgIpc) is 2.33. The minimum Gasteiger partial charge on any atom is -0.491 e. The first-order valence-electron chi connectivity index (χ1n) is 7.71. The molecule has 3 nitrogen and oxygen atoms in total. The summed E-state index contributed by atoms with van der Waals surface area (Å²) in [5.74, 6) is 0.838. The maximum Gasteiger partial charge on any atom is 0.122 e. The number of rotatable bonds is 7. The first kappa shape index (κ1) is 21.2. The third kappa shape index (κ3) is 8.62. The van der Waals surface area contributed by atoms with E-state index in [9.17, 15) is 5.11 Å². The van der Waals surface area contributed by atoms with Crippen LogP contribution in [0.3, 0.4) is 0 Å². The van der Waals surface area contributed by atoms with Crippen molar-refractivity contribution in [2.24, 2.45) is 5.41 Å². The summed E-state index contributed by atoms with van der Waals surface area (Å²) >= 11 is 0. The average molecular weight is 330 g/mol. The van der Waals surface area contributed by atoms with Crippen LogP contribution < -0.4 is 10.1 Å². The third-order valence-corrected chi connectivity index (χ3v) is 3.31. The number of aryl methyl sites for hydroxylation is 1. The molecule has 0 amide bonds. The Hall–Kier alpha value is -0.770. The molecule has 0 radical (unpaired) electrons. The van der Waals surface area contributed by atoms with Gasteiger partial charge in [-0.2, -0.15) is 0 Å². The molecule has 1 atom stereocenters. The summed E-state index contributed by atoms with van der Waals surface area (Å²) in [6.45, 7) is 13.9. The molecule has 0 aliphatic rings. The van der Waals surface area contributed by atoms with Crippen molar-refractivity contribution in [1.29, 1.82) is 0 Å². The summed E-state index contributed by atoms with van der Waals surface area (Å²) in [5, 5.41) is 13.5. The predicted octanol–water partition coefficient (Wildman–Crippen LogP) is 3.96. The molecular weight excluding hydrogens is 298 g/mol. The molecule has 1 rings (SSSR count). The van der Waals surface area contributed by atoms with Crippen LogP contribution in [0.15, 0.2) is 24.3 Å². The lowest BCUT2D eigenvalue weighted by Gasteiger charge is -2.34. The van der Waals surface area contributed by atoms with Crippen molar-refractivity contribution in [2.45, 2.75) is 59.6 Å². The highest BCUT2D eigenvalue weighted by atomic mass is 35.5. The van der Waals surface area contributed by atoms with Gasteiger partial charge in [0.05, 0.1) is 0 Å². The maximum absolute atomic E-state index is 10.1. The molecule has 22 heavy (non-hydrogen) atoms. The van der Waals surface area contributed by atoms with Crippen LogP contribution >= 0.6 is 12.4 Å². The molecule has 1 aromatic rings. The molecule has 1 aromatic carbocycles. The van der Waals surface area contributed by atoms with Crippen LogP contribution in [-0.2, 0) is 0 Å². The van der Waals surface area contributed by atoms with Gasteiger partial charge in [-0.25, -0.2) is 0 Å². The fourth-order valence-electron chi connectivity index (χ4n) is 2.75. The van der Waals surface area contributed by atoms with Crippen molar-refractivity contribution >= 4 is 12.4 Å². The number of halogens is 1. The minimum absolute atomic E-state index is 0. The van der Waals surface area contributed by atoms with Crippen molar-refractivity contribution in [3.8, 4) is 5.75 Å². The van der Waals surface area contributed by atoms with Gasteiger partial charge in [0, 0.05) is 12.1 Å². The molecule has 4 heteroatoms. The van der Waals surface area contributed by atoms with Crippen LogP contribution in [0.25, 0.3) is 0 Å². The van der Waals surface area contributed by atoms with E-state index in [1.54, 1.807) is 0 Å². The number of β-amino-alcohol motifs (C(OH)–C–C–N with tert-alkyl or cyclic N) is 1. The van der Waals surface area contributed by atoms with Crippen LogP contribution in [0.2, 0.25) is 0 Å². The summed E-state index contributed by atoms with van der Waals surface area (Å²) in [7, 11) is 0. The summed E-state index contributed by atoms with van der Waals surface area (Å²) < 4.78 is 5.67. The highest BCUT2D eigenvalue weighted by Gasteiger charge is 2.25. The maximum atomic E-state index is 10.1. The number of para-hydroxylation sites is 1. The Kier molecular flexibility index (Phi) is 8.45. The molecule has 2 N–H and O–H groups in total. The standard InChI is InChI=1S/C18H31NO2.ClH/c1-14-9-7-8-10-16(14)21-12-15(20)11-19-18(5,6)13-17(2,3)4;/h7-10,15,19-20H,11-13H2,1-6H3;1H. The highest BCUT2D eigenvalue weighted by Crippen LogP contribution is 2.26. The number of aliphatic hydroxyl groups is 1. The van der Waals surface area contributed by atoms with E-state index in [4.69, 9.17) is 4.74 Å². The molecule has 0 bridgehead atoms. The fourth-order valence-corrected chi connectivity index (χ4v) is 2.75. The smallest absolute Gasteiger partial charge is 0.122 e. The Morgan fingerprint density at radius 3 is 2.27 bits per heavy atom. The van der Waals surface area contributed by atoms with Crippen LogP contribution in [-0.4, -0.2) is 29.9 Å². The Morgan fingerprint density at radius 2 is 1.73 bits per heavy atom. The lowest BCUT2D eigenvalue weighted by Crippen LogP contribution is -2.46. The van der Waals surface area contributed by atoms with Gasteiger partial charge in [-0.1, -0.05) is 39.0 Å². The van der Waals surface area contributed by atoms with Crippen molar-refractivity contribution in [2.75, 3.05) is 13.2 Å².